The molecule has 4 aliphatic heterocycles. The summed E-state index contributed by atoms with van der Waals surface area (Å²) >= 11 is 0. The number of amides is 10. The van der Waals surface area contributed by atoms with Crippen molar-refractivity contribution in [2.75, 3.05) is 53.4 Å². The summed E-state index contributed by atoms with van der Waals surface area (Å²) in [5, 5.41) is 10.5. The van der Waals surface area contributed by atoms with Gasteiger partial charge in [-0.15, -0.1) is 0 Å². The summed E-state index contributed by atoms with van der Waals surface area (Å²) in [5.74, 6) is -6.78. The zero-order valence-electron chi connectivity index (χ0n) is 54.8. The standard InChI is InChI=1S/C68H86F2N10O14/c1-41(75(9)65(89)93-39-43-17-13-11-14-18-43)59(83)73-57(67(3,4)5)63(87)77-31-29-49-55(77)51(91-37-45-21-25-47(69)26-22-45)35-79(49)53(81)33-71-61(85)62(86)72-34-54(82)80-36-52(92-38-46-23-27-48(70)28-24-46)56-50(80)30-32-78(56)64(88)58(68(6,7)8)74-60(84)42(2)76(10)66(90)94-40-44-19-15-12-16-20-44/h11-28,41-42,49-52,55-58H,29-40H2,1-10H3,(H,71,85)(H,72,86)(H,73,83)(H,74,84)/t41-,42-,49+,50+,51-,52-,55-,56-,57+,58+/m0/s1. The summed E-state index contributed by atoms with van der Waals surface area (Å²) in [7, 11) is 2.84. The van der Waals surface area contributed by atoms with Gasteiger partial charge in [0.05, 0.1) is 62.7 Å². The highest BCUT2D eigenvalue weighted by Crippen LogP contribution is 2.38. The van der Waals surface area contributed by atoms with Gasteiger partial charge in [-0.3, -0.25) is 48.2 Å². The summed E-state index contributed by atoms with van der Waals surface area (Å²) < 4.78 is 51.6. The average Bonchev–Trinajstić information content (AvgIpc) is 1.61. The fourth-order valence-corrected chi connectivity index (χ4v) is 12.1. The van der Waals surface area contributed by atoms with Crippen molar-refractivity contribution in [3.8, 4) is 0 Å². The van der Waals surface area contributed by atoms with E-state index in [0.29, 0.717) is 11.1 Å². The molecule has 0 unspecified atom stereocenters. The number of carbonyl (C=O) groups excluding carboxylic acids is 10. The van der Waals surface area contributed by atoms with E-state index in [-0.39, 0.29) is 65.4 Å². The monoisotopic (exact) mass is 1300 g/mol. The van der Waals surface area contributed by atoms with Crippen molar-refractivity contribution in [1.29, 1.82) is 0 Å². The Morgan fingerprint density at radius 3 is 1.15 bits per heavy atom. The van der Waals surface area contributed by atoms with Crippen LogP contribution in [-0.2, 0) is 83.7 Å². The highest BCUT2D eigenvalue weighted by atomic mass is 19.1. The van der Waals surface area contributed by atoms with Crippen LogP contribution in [0.25, 0.3) is 0 Å². The first-order valence-electron chi connectivity index (χ1n) is 31.5. The van der Waals surface area contributed by atoms with Crippen molar-refractivity contribution in [1.82, 2.24) is 50.7 Å². The molecule has 4 heterocycles. The minimum Gasteiger partial charge on any atom is -0.445 e. The van der Waals surface area contributed by atoms with E-state index in [2.05, 4.69) is 21.3 Å². The van der Waals surface area contributed by atoms with Crippen molar-refractivity contribution < 1.29 is 75.7 Å². The Labute approximate surface area is 546 Å². The van der Waals surface area contributed by atoms with E-state index >= 15 is 0 Å². The number of rotatable bonds is 22. The predicted molar refractivity (Wildman–Crippen MR) is 338 cm³/mol. The third-order valence-corrected chi connectivity index (χ3v) is 17.8. The summed E-state index contributed by atoms with van der Waals surface area (Å²) in [6.07, 6.45) is -2.59. The van der Waals surface area contributed by atoms with E-state index in [1.54, 1.807) is 124 Å². The smallest absolute Gasteiger partial charge is 0.410 e. The van der Waals surface area contributed by atoms with Gasteiger partial charge in [0.2, 0.25) is 35.4 Å². The van der Waals surface area contributed by atoms with E-state index in [4.69, 9.17) is 18.9 Å². The van der Waals surface area contributed by atoms with E-state index < -0.39 is 156 Å². The second-order valence-electron chi connectivity index (χ2n) is 26.4. The minimum atomic E-state index is -1.23. The Kier molecular flexibility index (Phi) is 23.2. The molecule has 4 aromatic rings. The number of ether oxygens (including phenoxy) is 4. The molecule has 0 saturated carbocycles. The molecule has 4 saturated heterocycles. The van der Waals surface area contributed by atoms with Gasteiger partial charge in [-0.2, -0.15) is 0 Å². The number of likely N-dealkylation sites (N-methyl/N-ethyl adjacent to an activating group) is 2. The summed E-state index contributed by atoms with van der Waals surface area (Å²) in [4.78, 5) is 147. The third-order valence-electron chi connectivity index (χ3n) is 17.8. The quantitative estimate of drug-likeness (QED) is 0.0780. The fraction of sp³-hybridized carbons (Fsp3) is 0.500. The van der Waals surface area contributed by atoms with Crippen molar-refractivity contribution >= 4 is 59.4 Å². The number of carbonyl (C=O) groups is 10. The first-order chi connectivity index (χ1) is 44.5. The van der Waals surface area contributed by atoms with Crippen molar-refractivity contribution in [2.45, 2.75) is 155 Å². The Hall–Kier alpha value is -9.04. The van der Waals surface area contributed by atoms with Crippen molar-refractivity contribution in [3.63, 3.8) is 0 Å². The molecule has 26 heteroatoms. The van der Waals surface area contributed by atoms with Gasteiger partial charge in [0.25, 0.3) is 0 Å². The Balaban J connectivity index is 0.895. The van der Waals surface area contributed by atoms with Crippen molar-refractivity contribution in [2.24, 2.45) is 10.8 Å². The van der Waals surface area contributed by atoms with E-state index in [0.717, 1.165) is 20.9 Å². The first kappa shape index (κ1) is 70.8. The van der Waals surface area contributed by atoms with Crippen LogP contribution in [0.2, 0.25) is 0 Å². The van der Waals surface area contributed by atoms with Crippen LogP contribution in [0.15, 0.2) is 109 Å². The number of benzene rings is 4. The topological polar surface area (TPSA) is 275 Å². The maximum Gasteiger partial charge on any atom is 0.410 e. The van der Waals surface area contributed by atoms with Gasteiger partial charge in [-0.1, -0.05) is 126 Å². The molecule has 0 aliphatic carbocycles. The molecule has 10 atom stereocenters. The normalized spacial score (nSPS) is 20.4. The lowest BCUT2D eigenvalue weighted by molar-refractivity contribution is -0.143. The van der Waals surface area contributed by atoms with E-state index in [1.807, 2.05) is 12.1 Å². The number of hydrogen-bond acceptors (Lipinski definition) is 14. The molecular weight excluding hydrogens is 1220 g/mol. The number of fused-ring (bicyclic) bond motifs is 2. The van der Waals surface area contributed by atoms with E-state index in [1.165, 1.54) is 62.0 Å². The molecule has 0 aromatic heterocycles. The lowest BCUT2D eigenvalue weighted by atomic mass is 9.85. The second-order valence-corrected chi connectivity index (χ2v) is 26.4. The molecule has 0 spiro atoms. The zero-order valence-corrected chi connectivity index (χ0v) is 54.8. The summed E-state index contributed by atoms with van der Waals surface area (Å²) in [6.45, 7) is 12.4. The van der Waals surface area contributed by atoms with Crippen LogP contribution >= 0.6 is 0 Å². The second kappa shape index (κ2) is 30.8. The van der Waals surface area contributed by atoms with Crippen LogP contribution in [0, 0.1) is 22.5 Å². The van der Waals surface area contributed by atoms with Crippen LogP contribution in [0.4, 0.5) is 18.4 Å². The zero-order chi connectivity index (χ0) is 68.3. The van der Waals surface area contributed by atoms with Gasteiger partial charge < -0.3 is 59.8 Å². The molecule has 4 N–H and O–H groups in total. The predicted octanol–water partition coefficient (Wildman–Crippen LogP) is 4.67. The number of nitrogens with one attached hydrogen (secondary N) is 4. The Morgan fingerprint density at radius 1 is 0.489 bits per heavy atom. The van der Waals surface area contributed by atoms with Crippen LogP contribution < -0.4 is 21.3 Å². The van der Waals surface area contributed by atoms with Crippen LogP contribution in [-0.4, -0.2) is 203 Å². The molecular formula is C68H86F2N10O14. The summed E-state index contributed by atoms with van der Waals surface area (Å²) in [5.41, 5.74) is 0.983. The number of nitrogens with zero attached hydrogens (tertiary/aromatic N) is 6. The first-order valence-corrected chi connectivity index (χ1v) is 31.5. The van der Waals surface area contributed by atoms with Gasteiger partial charge in [-0.05, 0) is 84.0 Å². The van der Waals surface area contributed by atoms with Crippen molar-refractivity contribution in [3.05, 3.63) is 143 Å². The largest absolute Gasteiger partial charge is 0.445 e. The third kappa shape index (κ3) is 17.4. The molecule has 24 nitrogen and oxygen atoms in total. The highest BCUT2D eigenvalue weighted by molar-refractivity contribution is 6.35. The van der Waals surface area contributed by atoms with Gasteiger partial charge >= 0.3 is 24.0 Å². The molecule has 506 valence electrons. The fourth-order valence-electron chi connectivity index (χ4n) is 12.1. The molecule has 10 amide bonds. The molecule has 94 heavy (non-hydrogen) atoms. The van der Waals surface area contributed by atoms with Crippen LogP contribution in [0.3, 0.4) is 0 Å². The maximum atomic E-state index is 14.9. The Bertz CT molecular complexity index is 3150. The van der Waals surface area contributed by atoms with Gasteiger partial charge in [0.15, 0.2) is 0 Å². The van der Waals surface area contributed by atoms with Gasteiger partial charge in [0.1, 0.15) is 49.0 Å². The van der Waals surface area contributed by atoms with Gasteiger partial charge in [0, 0.05) is 40.3 Å². The molecule has 4 aromatic carbocycles. The minimum absolute atomic E-state index is 0.0202. The molecule has 0 radical (unpaired) electrons. The highest BCUT2D eigenvalue weighted by Gasteiger charge is 2.56. The number of hydrogen-bond donors (Lipinski definition) is 4. The van der Waals surface area contributed by atoms with Crippen LogP contribution in [0.5, 0.6) is 0 Å². The molecule has 8 rings (SSSR count). The average molecular weight is 1310 g/mol. The molecule has 0 bridgehead atoms. The number of likely N-dealkylation sites (tertiary alicyclic amines) is 4. The lowest BCUT2D eigenvalue weighted by Crippen LogP contribution is -2.60. The van der Waals surface area contributed by atoms with Gasteiger partial charge in [-0.25, -0.2) is 18.4 Å². The molecule has 4 fully saturated rings. The molecule has 4 aliphatic rings. The SMILES string of the molecule is C[C@@H](C(=O)N[C@H](C(=O)N1CC[C@@H]2[C@H]1[C@@H](OCc1ccc(F)cc1)CN2C(=O)CNC(=O)C(=O)NCC(=O)N1C[C@H](OCc2ccc(F)cc2)[C@@H]2[C@H]1CCN2C(=O)[C@@H](NC(=O)[C@H](C)N(C)C(=O)OCc1ccccc1)C(C)(C)C)C(C)(C)C)N(C)C(=O)OCc1ccccc1. The lowest BCUT2D eigenvalue weighted by Gasteiger charge is -2.37. The maximum absolute atomic E-state index is 14.9. The van der Waals surface area contributed by atoms with Crippen LogP contribution in [0.1, 0.15) is 90.5 Å². The van der Waals surface area contributed by atoms with E-state index in [9.17, 15) is 56.7 Å². The summed E-state index contributed by atoms with van der Waals surface area (Å²) in [6, 6.07) is 22.1. The number of halogens is 2. The Morgan fingerprint density at radius 2 is 0.819 bits per heavy atom.